The topological polar surface area (TPSA) is 63.7 Å². The molecule has 0 N–H and O–H groups in total. The lowest BCUT2D eigenvalue weighted by molar-refractivity contribution is -0.389. The number of hydrogen-bond acceptors (Lipinski definition) is 5. The van der Waals surface area contributed by atoms with Crippen LogP contribution in [0.1, 0.15) is 33.1 Å². The van der Waals surface area contributed by atoms with Crippen molar-refractivity contribution >= 4 is 27.9 Å². The van der Waals surface area contributed by atoms with E-state index in [0.717, 1.165) is 32.4 Å². The molecule has 1 aliphatic heterocycles. The lowest BCUT2D eigenvalue weighted by atomic mass is 9.85. The van der Waals surface area contributed by atoms with Gasteiger partial charge >= 0.3 is 5.82 Å². The molecular formula is C13H18N4O2S. The fourth-order valence-corrected chi connectivity index (χ4v) is 3.48. The highest BCUT2D eigenvalue weighted by Gasteiger charge is 2.31. The van der Waals surface area contributed by atoms with E-state index in [9.17, 15) is 10.1 Å². The van der Waals surface area contributed by atoms with Gasteiger partial charge in [0.25, 0.3) is 4.96 Å². The van der Waals surface area contributed by atoms with Crippen LogP contribution in [-0.2, 0) is 0 Å². The predicted octanol–water partition coefficient (Wildman–Crippen LogP) is 3.32. The Bertz CT molecular complexity index is 646. The van der Waals surface area contributed by atoms with Gasteiger partial charge in [0, 0.05) is 18.5 Å². The van der Waals surface area contributed by atoms with Crippen molar-refractivity contribution in [1.29, 1.82) is 0 Å². The van der Waals surface area contributed by atoms with Gasteiger partial charge in [0.05, 0.1) is 0 Å². The summed E-state index contributed by atoms with van der Waals surface area (Å²) in [6.45, 7) is 6.20. The van der Waals surface area contributed by atoms with Gasteiger partial charge in [-0.25, -0.2) is 0 Å². The maximum atomic E-state index is 11.4. The molecule has 1 saturated heterocycles. The molecule has 2 aromatic rings. The van der Waals surface area contributed by atoms with Crippen molar-refractivity contribution in [3.8, 4) is 0 Å². The first kappa shape index (κ1) is 13.4. The summed E-state index contributed by atoms with van der Waals surface area (Å²) in [5, 5.41) is 13.2. The van der Waals surface area contributed by atoms with Crippen molar-refractivity contribution in [2.45, 2.75) is 33.1 Å². The standard InChI is InChI=1S/C13H18N4O2S/c1-13(2)4-3-6-15(7-5-13)10-11(17(18)19)16-8-9-20-12(16)14-10/h8-9H,3-7H2,1-2H3. The summed E-state index contributed by atoms with van der Waals surface area (Å²) < 4.78 is 1.58. The van der Waals surface area contributed by atoms with E-state index >= 15 is 0 Å². The van der Waals surface area contributed by atoms with Gasteiger partial charge in [-0.3, -0.25) is 0 Å². The van der Waals surface area contributed by atoms with E-state index in [1.54, 1.807) is 10.6 Å². The third-order valence-electron chi connectivity index (χ3n) is 4.03. The summed E-state index contributed by atoms with van der Waals surface area (Å²) in [6, 6.07) is 0. The van der Waals surface area contributed by atoms with Crippen LogP contribution in [0.4, 0.5) is 11.6 Å². The highest BCUT2D eigenvalue weighted by Crippen LogP contribution is 2.35. The van der Waals surface area contributed by atoms with Crippen LogP contribution in [0.2, 0.25) is 0 Å². The quantitative estimate of drug-likeness (QED) is 0.629. The molecule has 0 bridgehead atoms. The number of fused-ring (bicyclic) bond motifs is 1. The van der Waals surface area contributed by atoms with Crippen LogP contribution in [0.3, 0.4) is 0 Å². The third-order valence-corrected chi connectivity index (χ3v) is 4.79. The van der Waals surface area contributed by atoms with Gasteiger partial charge < -0.3 is 15.0 Å². The third kappa shape index (κ3) is 2.26. The molecule has 0 atom stereocenters. The Morgan fingerprint density at radius 1 is 1.40 bits per heavy atom. The molecular weight excluding hydrogens is 276 g/mol. The maximum absolute atomic E-state index is 11.4. The van der Waals surface area contributed by atoms with Crippen LogP contribution >= 0.6 is 11.3 Å². The van der Waals surface area contributed by atoms with Gasteiger partial charge in [-0.2, -0.15) is 9.38 Å². The minimum atomic E-state index is -0.321. The summed E-state index contributed by atoms with van der Waals surface area (Å²) in [5.74, 6) is 0.625. The second-order valence-electron chi connectivity index (χ2n) is 6.08. The smallest absolute Gasteiger partial charge is 0.358 e. The number of rotatable bonds is 2. The van der Waals surface area contributed by atoms with Crippen molar-refractivity contribution in [3.63, 3.8) is 0 Å². The first-order valence-corrected chi connectivity index (χ1v) is 7.71. The zero-order valence-electron chi connectivity index (χ0n) is 11.7. The van der Waals surface area contributed by atoms with Crippen LogP contribution in [0.5, 0.6) is 0 Å². The summed E-state index contributed by atoms with van der Waals surface area (Å²) >= 11 is 1.43. The molecule has 0 aromatic carbocycles. The van der Waals surface area contributed by atoms with Gasteiger partial charge in [-0.05, 0) is 29.6 Å². The van der Waals surface area contributed by atoms with Crippen LogP contribution in [0.15, 0.2) is 11.6 Å². The number of nitrogens with zero attached hydrogens (tertiary/aromatic N) is 4. The van der Waals surface area contributed by atoms with Crippen LogP contribution in [0, 0.1) is 15.5 Å². The number of imidazole rings is 1. The van der Waals surface area contributed by atoms with Crippen molar-refractivity contribution < 1.29 is 4.92 Å². The predicted molar refractivity (Wildman–Crippen MR) is 79.6 cm³/mol. The van der Waals surface area contributed by atoms with E-state index in [2.05, 4.69) is 23.7 Å². The summed E-state index contributed by atoms with van der Waals surface area (Å²) in [6.07, 6.45) is 4.96. The number of hydrogen-bond donors (Lipinski definition) is 0. The van der Waals surface area contributed by atoms with E-state index in [-0.39, 0.29) is 10.7 Å². The first-order chi connectivity index (χ1) is 9.48. The van der Waals surface area contributed by atoms with Crippen molar-refractivity contribution in [2.24, 2.45) is 5.41 Å². The zero-order chi connectivity index (χ0) is 14.3. The van der Waals surface area contributed by atoms with E-state index in [1.807, 2.05) is 5.38 Å². The Balaban J connectivity index is 1.99. The van der Waals surface area contributed by atoms with Gasteiger partial charge in [-0.15, -0.1) is 0 Å². The van der Waals surface area contributed by atoms with Crippen molar-refractivity contribution in [2.75, 3.05) is 18.0 Å². The van der Waals surface area contributed by atoms with Crippen molar-refractivity contribution in [3.05, 3.63) is 21.7 Å². The summed E-state index contributed by atoms with van der Waals surface area (Å²) in [7, 11) is 0. The molecule has 2 aromatic heterocycles. The Hall–Kier alpha value is -1.63. The normalized spacial score (nSPS) is 19.2. The second kappa shape index (κ2) is 4.73. The minimum absolute atomic E-state index is 0.0981. The second-order valence-corrected chi connectivity index (χ2v) is 6.95. The molecule has 0 spiro atoms. The minimum Gasteiger partial charge on any atom is -0.358 e. The summed E-state index contributed by atoms with van der Waals surface area (Å²) in [5.41, 5.74) is 0.306. The van der Waals surface area contributed by atoms with Gasteiger partial charge in [0.2, 0.25) is 5.82 Å². The number of anilines is 1. The average molecular weight is 294 g/mol. The summed E-state index contributed by atoms with van der Waals surface area (Å²) in [4.78, 5) is 18.3. The van der Waals surface area contributed by atoms with Crippen LogP contribution in [-0.4, -0.2) is 27.4 Å². The Morgan fingerprint density at radius 2 is 2.20 bits per heavy atom. The average Bonchev–Trinajstić information content (AvgIpc) is 2.87. The Kier molecular flexibility index (Phi) is 3.16. The highest BCUT2D eigenvalue weighted by molar-refractivity contribution is 7.15. The Labute approximate surface area is 121 Å². The first-order valence-electron chi connectivity index (χ1n) is 6.83. The van der Waals surface area contributed by atoms with Gasteiger partial charge in [0.15, 0.2) is 0 Å². The monoisotopic (exact) mass is 294 g/mol. The molecule has 0 radical (unpaired) electrons. The van der Waals surface area contributed by atoms with Gasteiger partial charge in [0.1, 0.15) is 6.20 Å². The fraction of sp³-hybridized carbons (Fsp3) is 0.615. The highest BCUT2D eigenvalue weighted by atomic mass is 32.1. The molecule has 0 amide bonds. The molecule has 0 saturated carbocycles. The molecule has 3 heterocycles. The zero-order valence-corrected chi connectivity index (χ0v) is 12.5. The Morgan fingerprint density at radius 3 is 2.95 bits per heavy atom. The maximum Gasteiger partial charge on any atom is 0.373 e. The molecule has 6 nitrogen and oxygen atoms in total. The molecule has 1 fully saturated rings. The van der Waals surface area contributed by atoms with Crippen molar-refractivity contribution in [1.82, 2.24) is 9.38 Å². The lowest BCUT2D eigenvalue weighted by Crippen LogP contribution is -2.26. The molecule has 7 heteroatoms. The van der Waals surface area contributed by atoms with E-state index in [0.29, 0.717) is 16.2 Å². The van der Waals surface area contributed by atoms with E-state index in [4.69, 9.17) is 0 Å². The number of aromatic nitrogens is 2. The molecule has 0 aliphatic carbocycles. The van der Waals surface area contributed by atoms with Crippen LogP contribution in [0.25, 0.3) is 4.96 Å². The molecule has 0 unspecified atom stereocenters. The fourth-order valence-electron chi connectivity index (χ4n) is 2.78. The molecule has 20 heavy (non-hydrogen) atoms. The largest absolute Gasteiger partial charge is 0.373 e. The van der Waals surface area contributed by atoms with Crippen LogP contribution < -0.4 is 4.90 Å². The number of nitro groups is 1. The van der Waals surface area contributed by atoms with E-state index < -0.39 is 0 Å². The van der Waals surface area contributed by atoms with Gasteiger partial charge in [-0.1, -0.05) is 25.2 Å². The SMILES string of the molecule is CC1(C)CCCN(c2nc3sccn3c2[N+](=O)[O-])CC1. The number of thiazole rings is 1. The molecule has 108 valence electrons. The van der Waals surface area contributed by atoms with E-state index in [1.165, 1.54) is 11.3 Å². The molecule has 1 aliphatic rings. The lowest BCUT2D eigenvalue weighted by Gasteiger charge is -2.22. The molecule has 3 rings (SSSR count).